The van der Waals surface area contributed by atoms with Gasteiger partial charge in [0.25, 0.3) is 5.91 Å². The number of hydrogen-bond donors (Lipinski definition) is 1. The zero-order chi connectivity index (χ0) is 17.8. The standard InChI is InChI=1S/C20H18Cl2N2O/c1-2-3-10-23-20(25)16-12-19(15-9-8-13(21)11-17(15)22)24-18-7-5-4-6-14(16)18/h4-9,11-12H,2-3,10H2,1H3,(H,23,25). The van der Waals surface area contributed by atoms with Crippen molar-refractivity contribution in [2.45, 2.75) is 19.8 Å². The third-order valence-electron chi connectivity index (χ3n) is 3.98. The second kappa shape index (κ2) is 7.85. The fraction of sp³-hybridized carbons (Fsp3) is 0.200. The number of fused-ring (bicyclic) bond motifs is 1. The van der Waals surface area contributed by atoms with Crippen LogP contribution in [0.15, 0.2) is 48.5 Å². The van der Waals surface area contributed by atoms with E-state index in [-0.39, 0.29) is 5.91 Å². The van der Waals surface area contributed by atoms with Crippen molar-refractivity contribution in [3.05, 3.63) is 64.1 Å². The molecule has 0 aliphatic rings. The molecule has 2 aromatic carbocycles. The molecule has 25 heavy (non-hydrogen) atoms. The monoisotopic (exact) mass is 372 g/mol. The zero-order valence-electron chi connectivity index (χ0n) is 13.9. The number of amides is 1. The number of nitrogens with one attached hydrogen (secondary N) is 1. The minimum absolute atomic E-state index is 0.0987. The van der Waals surface area contributed by atoms with Crippen LogP contribution in [0.2, 0.25) is 10.0 Å². The van der Waals surface area contributed by atoms with E-state index in [1.54, 1.807) is 18.2 Å². The van der Waals surface area contributed by atoms with E-state index >= 15 is 0 Å². The Balaban J connectivity index is 2.10. The summed E-state index contributed by atoms with van der Waals surface area (Å²) in [6.45, 7) is 2.75. The maximum Gasteiger partial charge on any atom is 0.252 e. The normalized spacial score (nSPS) is 10.8. The number of benzene rings is 2. The number of carbonyl (C=O) groups is 1. The highest BCUT2D eigenvalue weighted by atomic mass is 35.5. The molecule has 0 saturated heterocycles. The Morgan fingerprint density at radius 3 is 2.68 bits per heavy atom. The lowest BCUT2D eigenvalue weighted by Crippen LogP contribution is -2.24. The van der Waals surface area contributed by atoms with E-state index in [9.17, 15) is 4.79 Å². The van der Waals surface area contributed by atoms with Gasteiger partial charge in [-0.15, -0.1) is 0 Å². The summed E-state index contributed by atoms with van der Waals surface area (Å²) in [7, 11) is 0. The fourth-order valence-corrected chi connectivity index (χ4v) is 3.18. The largest absolute Gasteiger partial charge is 0.352 e. The molecule has 0 aliphatic heterocycles. The first kappa shape index (κ1) is 17.7. The van der Waals surface area contributed by atoms with Gasteiger partial charge in [-0.3, -0.25) is 4.79 Å². The van der Waals surface area contributed by atoms with Gasteiger partial charge in [0.1, 0.15) is 0 Å². The van der Waals surface area contributed by atoms with Crippen LogP contribution < -0.4 is 5.32 Å². The van der Waals surface area contributed by atoms with E-state index in [4.69, 9.17) is 23.2 Å². The number of rotatable bonds is 5. The van der Waals surface area contributed by atoms with Crippen LogP contribution in [0.25, 0.3) is 22.2 Å². The van der Waals surface area contributed by atoms with Crippen molar-refractivity contribution >= 4 is 40.0 Å². The molecule has 0 fully saturated rings. The maximum absolute atomic E-state index is 12.7. The number of unbranched alkanes of at least 4 members (excludes halogenated alkanes) is 1. The number of para-hydroxylation sites is 1. The van der Waals surface area contributed by atoms with Crippen molar-refractivity contribution in [1.82, 2.24) is 10.3 Å². The Bertz CT molecular complexity index is 925. The van der Waals surface area contributed by atoms with Crippen LogP contribution in [0.4, 0.5) is 0 Å². The molecule has 0 atom stereocenters. The van der Waals surface area contributed by atoms with E-state index in [1.807, 2.05) is 30.3 Å². The number of carbonyl (C=O) groups excluding carboxylic acids is 1. The quantitative estimate of drug-likeness (QED) is 0.580. The summed E-state index contributed by atoms with van der Waals surface area (Å²) in [6.07, 6.45) is 1.98. The molecule has 0 saturated carbocycles. The zero-order valence-corrected chi connectivity index (χ0v) is 15.4. The fourth-order valence-electron chi connectivity index (χ4n) is 2.67. The van der Waals surface area contributed by atoms with Gasteiger partial charge >= 0.3 is 0 Å². The van der Waals surface area contributed by atoms with Crippen molar-refractivity contribution in [1.29, 1.82) is 0 Å². The first-order valence-corrected chi connectivity index (χ1v) is 8.99. The van der Waals surface area contributed by atoms with Crippen LogP contribution in [0.3, 0.4) is 0 Å². The predicted octanol–water partition coefficient (Wildman–Crippen LogP) is 5.74. The third kappa shape index (κ3) is 3.94. The lowest BCUT2D eigenvalue weighted by atomic mass is 10.0. The van der Waals surface area contributed by atoms with Crippen molar-refractivity contribution in [3.8, 4) is 11.3 Å². The number of pyridine rings is 1. The van der Waals surface area contributed by atoms with Gasteiger partial charge in [-0.05, 0) is 36.8 Å². The van der Waals surface area contributed by atoms with Crippen molar-refractivity contribution in [2.75, 3.05) is 6.54 Å². The molecule has 1 aromatic heterocycles. The Morgan fingerprint density at radius 1 is 1.12 bits per heavy atom. The van der Waals surface area contributed by atoms with E-state index in [2.05, 4.69) is 17.2 Å². The molecule has 1 amide bonds. The SMILES string of the molecule is CCCCNC(=O)c1cc(-c2ccc(Cl)cc2Cl)nc2ccccc12. The van der Waals surface area contributed by atoms with Crippen LogP contribution in [0, 0.1) is 0 Å². The molecule has 0 radical (unpaired) electrons. The number of hydrogen-bond acceptors (Lipinski definition) is 2. The Hall–Kier alpha value is -2.10. The highest BCUT2D eigenvalue weighted by molar-refractivity contribution is 6.36. The summed E-state index contributed by atoms with van der Waals surface area (Å²) >= 11 is 12.3. The second-order valence-corrected chi connectivity index (χ2v) is 6.65. The lowest BCUT2D eigenvalue weighted by molar-refractivity contribution is 0.0955. The van der Waals surface area contributed by atoms with E-state index < -0.39 is 0 Å². The average Bonchev–Trinajstić information content (AvgIpc) is 2.61. The third-order valence-corrected chi connectivity index (χ3v) is 4.53. The summed E-state index contributed by atoms with van der Waals surface area (Å²) in [6, 6.07) is 14.7. The topological polar surface area (TPSA) is 42.0 Å². The van der Waals surface area contributed by atoms with Crippen LogP contribution in [-0.2, 0) is 0 Å². The highest BCUT2D eigenvalue weighted by Crippen LogP contribution is 2.31. The van der Waals surface area contributed by atoms with Gasteiger partial charge in [0.05, 0.1) is 21.8 Å². The molecule has 0 bridgehead atoms. The molecule has 3 nitrogen and oxygen atoms in total. The average molecular weight is 373 g/mol. The van der Waals surface area contributed by atoms with Crippen LogP contribution in [0.5, 0.6) is 0 Å². The summed E-state index contributed by atoms with van der Waals surface area (Å²) in [5.74, 6) is -0.0987. The molecule has 3 aromatic rings. The van der Waals surface area contributed by atoms with Gasteiger partial charge in [0, 0.05) is 22.5 Å². The van der Waals surface area contributed by atoms with Crippen LogP contribution in [0.1, 0.15) is 30.1 Å². The van der Waals surface area contributed by atoms with E-state index in [0.717, 1.165) is 29.3 Å². The van der Waals surface area contributed by atoms with Crippen LogP contribution >= 0.6 is 23.2 Å². The first-order valence-electron chi connectivity index (χ1n) is 8.23. The highest BCUT2D eigenvalue weighted by Gasteiger charge is 2.15. The van der Waals surface area contributed by atoms with Crippen molar-refractivity contribution < 1.29 is 4.79 Å². The van der Waals surface area contributed by atoms with Crippen molar-refractivity contribution in [2.24, 2.45) is 0 Å². The molecule has 5 heteroatoms. The molecule has 0 aliphatic carbocycles. The van der Waals surface area contributed by atoms with Gasteiger partial charge in [-0.2, -0.15) is 0 Å². The maximum atomic E-state index is 12.7. The van der Waals surface area contributed by atoms with Crippen LogP contribution in [-0.4, -0.2) is 17.4 Å². The molecular formula is C20H18Cl2N2O. The van der Waals surface area contributed by atoms with E-state index in [0.29, 0.717) is 27.8 Å². The minimum Gasteiger partial charge on any atom is -0.352 e. The molecule has 0 spiro atoms. The van der Waals surface area contributed by atoms with Gasteiger partial charge in [-0.25, -0.2) is 4.98 Å². The summed E-state index contributed by atoms with van der Waals surface area (Å²) in [5.41, 5.74) is 2.76. The second-order valence-electron chi connectivity index (χ2n) is 5.81. The number of halogens is 2. The predicted molar refractivity (Wildman–Crippen MR) is 104 cm³/mol. The summed E-state index contributed by atoms with van der Waals surface area (Å²) < 4.78 is 0. The molecular weight excluding hydrogens is 355 g/mol. The van der Waals surface area contributed by atoms with Gasteiger partial charge in [-0.1, -0.05) is 54.7 Å². The van der Waals surface area contributed by atoms with Gasteiger partial charge < -0.3 is 5.32 Å². The number of aromatic nitrogens is 1. The first-order chi connectivity index (χ1) is 12.1. The van der Waals surface area contributed by atoms with Crippen molar-refractivity contribution in [3.63, 3.8) is 0 Å². The van der Waals surface area contributed by atoms with Gasteiger partial charge in [0.2, 0.25) is 0 Å². The summed E-state index contributed by atoms with van der Waals surface area (Å²) in [4.78, 5) is 17.3. The molecule has 1 heterocycles. The molecule has 0 unspecified atom stereocenters. The summed E-state index contributed by atoms with van der Waals surface area (Å²) in [5, 5.41) is 4.87. The number of nitrogens with zero attached hydrogens (tertiary/aromatic N) is 1. The molecule has 3 rings (SSSR count). The molecule has 1 N–H and O–H groups in total. The van der Waals surface area contributed by atoms with E-state index in [1.165, 1.54) is 0 Å². The minimum atomic E-state index is -0.0987. The molecule has 128 valence electrons. The Kier molecular flexibility index (Phi) is 5.57. The Labute approximate surface area is 157 Å². The smallest absolute Gasteiger partial charge is 0.252 e. The lowest BCUT2D eigenvalue weighted by Gasteiger charge is -2.11. The Morgan fingerprint density at radius 2 is 1.92 bits per heavy atom. The van der Waals surface area contributed by atoms with Gasteiger partial charge in [0.15, 0.2) is 0 Å².